The van der Waals surface area contributed by atoms with Crippen molar-refractivity contribution in [1.29, 1.82) is 0 Å². The van der Waals surface area contributed by atoms with Gasteiger partial charge in [-0.3, -0.25) is 4.99 Å². The Balaban J connectivity index is 2.37. The van der Waals surface area contributed by atoms with Gasteiger partial charge in [-0.05, 0) is 77.4 Å². The monoisotopic (exact) mass is 465 g/mol. The number of halogens is 1. The van der Waals surface area contributed by atoms with Crippen LogP contribution in [0.3, 0.4) is 0 Å². The van der Waals surface area contributed by atoms with Crippen molar-refractivity contribution < 1.29 is 19.4 Å². The molecule has 0 saturated heterocycles. The topological polar surface area (TPSA) is 68.1 Å². The summed E-state index contributed by atoms with van der Waals surface area (Å²) in [5.41, 5.74) is 3.65. The molecular weight excluding hydrogens is 445 g/mol. The van der Waals surface area contributed by atoms with E-state index in [4.69, 9.17) is 14.6 Å². The number of carboxylic acid groups (broad SMARTS) is 1. The van der Waals surface area contributed by atoms with E-state index in [2.05, 4.69) is 34.2 Å². The second kappa shape index (κ2) is 9.38. The first kappa shape index (κ1) is 20.0. The van der Waals surface area contributed by atoms with E-state index in [1.165, 1.54) is 16.2 Å². The predicted molar refractivity (Wildman–Crippen MR) is 111 cm³/mol. The highest BCUT2D eigenvalue weighted by atomic mass is 127. The van der Waals surface area contributed by atoms with Gasteiger partial charge in [0.2, 0.25) is 0 Å². The lowest BCUT2D eigenvalue weighted by Gasteiger charge is -2.14. The van der Waals surface area contributed by atoms with Gasteiger partial charge in [0.05, 0.1) is 12.8 Å². The van der Waals surface area contributed by atoms with E-state index in [0.717, 1.165) is 16.8 Å². The van der Waals surface area contributed by atoms with Gasteiger partial charge in [0.1, 0.15) is 0 Å². The molecule has 26 heavy (non-hydrogen) atoms. The van der Waals surface area contributed by atoms with Gasteiger partial charge in [-0.1, -0.05) is 6.08 Å². The Labute approximate surface area is 166 Å². The quantitative estimate of drug-likeness (QED) is 0.353. The Bertz CT molecular complexity index is 846. The fourth-order valence-corrected chi connectivity index (χ4v) is 2.71. The number of ether oxygens (including phenoxy) is 2. The standard InChI is InChI=1S/C20H20INO4/c1-4-5-15-9-14(10-18(25-3)20(15)26-12-19(23)24)11-22-16-6-7-17(21)13(2)8-16/h4,6-11H,1,5,12H2,2-3H3,(H,23,24). The van der Waals surface area contributed by atoms with E-state index >= 15 is 0 Å². The van der Waals surface area contributed by atoms with E-state index in [0.29, 0.717) is 17.9 Å². The van der Waals surface area contributed by atoms with Crippen molar-refractivity contribution in [3.05, 3.63) is 63.2 Å². The number of aliphatic carboxylic acids is 1. The third-order valence-electron chi connectivity index (χ3n) is 3.58. The highest BCUT2D eigenvalue weighted by Crippen LogP contribution is 2.33. The molecule has 0 bridgehead atoms. The van der Waals surface area contributed by atoms with Crippen LogP contribution in [0.5, 0.6) is 11.5 Å². The lowest BCUT2D eigenvalue weighted by Crippen LogP contribution is -2.11. The molecule has 0 aliphatic rings. The van der Waals surface area contributed by atoms with Crippen molar-refractivity contribution in [3.63, 3.8) is 0 Å². The van der Waals surface area contributed by atoms with Gasteiger partial charge in [0, 0.05) is 15.3 Å². The average Bonchev–Trinajstić information content (AvgIpc) is 2.61. The molecule has 0 unspecified atom stereocenters. The van der Waals surface area contributed by atoms with Crippen LogP contribution in [0.2, 0.25) is 0 Å². The number of carboxylic acids is 1. The lowest BCUT2D eigenvalue weighted by molar-refractivity contribution is -0.139. The average molecular weight is 465 g/mol. The number of methoxy groups -OCH3 is 1. The molecule has 0 aliphatic heterocycles. The normalized spacial score (nSPS) is 10.7. The molecule has 0 saturated carbocycles. The number of aliphatic imine (C=N–C) groups is 1. The van der Waals surface area contributed by atoms with Crippen LogP contribution in [-0.2, 0) is 11.2 Å². The molecule has 0 aromatic heterocycles. The van der Waals surface area contributed by atoms with Gasteiger partial charge >= 0.3 is 5.97 Å². The number of hydrogen-bond donors (Lipinski definition) is 1. The second-order valence-corrected chi connectivity index (χ2v) is 6.74. The highest BCUT2D eigenvalue weighted by Gasteiger charge is 2.13. The van der Waals surface area contributed by atoms with E-state index in [1.807, 2.05) is 31.2 Å². The van der Waals surface area contributed by atoms with Crippen molar-refractivity contribution in [1.82, 2.24) is 0 Å². The molecule has 2 aromatic rings. The van der Waals surface area contributed by atoms with E-state index in [-0.39, 0.29) is 0 Å². The summed E-state index contributed by atoms with van der Waals surface area (Å²) in [6, 6.07) is 9.66. The minimum Gasteiger partial charge on any atom is -0.493 e. The van der Waals surface area contributed by atoms with Crippen LogP contribution in [-0.4, -0.2) is 31.0 Å². The summed E-state index contributed by atoms with van der Waals surface area (Å²) < 4.78 is 12.0. The fourth-order valence-electron chi connectivity index (χ4n) is 2.37. The maximum Gasteiger partial charge on any atom is 0.341 e. The minimum atomic E-state index is -1.05. The van der Waals surface area contributed by atoms with Gasteiger partial charge in [-0.2, -0.15) is 0 Å². The van der Waals surface area contributed by atoms with Crippen molar-refractivity contribution >= 4 is 40.5 Å². The van der Waals surface area contributed by atoms with E-state index < -0.39 is 12.6 Å². The van der Waals surface area contributed by atoms with Crippen LogP contribution < -0.4 is 9.47 Å². The molecule has 0 atom stereocenters. The summed E-state index contributed by atoms with van der Waals surface area (Å²) in [7, 11) is 1.52. The molecule has 0 fully saturated rings. The van der Waals surface area contributed by atoms with Gasteiger partial charge < -0.3 is 14.6 Å². The summed E-state index contributed by atoms with van der Waals surface area (Å²) in [4.78, 5) is 15.3. The molecule has 5 nitrogen and oxygen atoms in total. The molecule has 0 aliphatic carbocycles. The Morgan fingerprint density at radius 1 is 1.35 bits per heavy atom. The third kappa shape index (κ3) is 5.32. The molecule has 0 heterocycles. The summed E-state index contributed by atoms with van der Waals surface area (Å²) in [5.74, 6) is -0.167. The number of carbonyl (C=O) groups is 1. The molecule has 2 rings (SSSR count). The first-order chi connectivity index (χ1) is 12.4. The smallest absolute Gasteiger partial charge is 0.341 e. The Hall–Kier alpha value is -2.35. The molecule has 0 spiro atoms. The van der Waals surface area contributed by atoms with Crippen LogP contribution in [0.1, 0.15) is 16.7 Å². The molecule has 0 amide bonds. The maximum absolute atomic E-state index is 10.8. The number of allylic oxidation sites excluding steroid dienone is 1. The second-order valence-electron chi connectivity index (χ2n) is 5.58. The fraction of sp³-hybridized carbons (Fsp3) is 0.200. The first-order valence-electron chi connectivity index (χ1n) is 7.91. The van der Waals surface area contributed by atoms with Crippen LogP contribution in [0.15, 0.2) is 48.0 Å². The van der Waals surface area contributed by atoms with Crippen LogP contribution >= 0.6 is 22.6 Å². The summed E-state index contributed by atoms with van der Waals surface area (Å²) in [6.45, 7) is 5.35. The van der Waals surface area contributed by atoms with Gasteiger partial charge in [-0.15, -0.1) is 6.58 Å². The zero-order valence-electron chi connectivity index (χ0n) is 14.7. The molecule has 6 heteroatoms. The number of aryl methyl sites for hydroxylation is 1. The largest absolute Gasteiger partial charge is 0.493 e. The maximum atomic E-state index is 10.8. The summed E-state index contributed by atoms with van der Waals surface area (Å²) >= 11 is 2.29. The molecular formula is C20H20INO4. The summed E-state index contributed by atoms with van der Waals surface area (Å²) in [5, 5.41) is 8.86. The Morgan fingerprint density at radius 2 is 2.12 bits per heavy atom. The Kier molecular flexibility index (Phi) is 7.20. The third-order valence-corrected chi connectivity index (χ3v) is 4.79. The van der Waals surface area contributed by atoms with Gasteiger partial charge in [-0.25, -0.2) is 4.79 Å². The molecule has 1 N–H and O–H groups in total. The number of rotatable bonds is 8. The molecule has 0 radical (unpaired) electrons. The zero-order valence-corrected chi connectivity index (χ0v) is 16.8. The number of benzene rings is 2. The van der Waals surface area contributed by atoms with Crippen molar-refractivity contribution in [2.45, 2.75) is 13.3 Å². The zero-order chi connectivity index (χ0) is 19.1. The van der Waals surface area contributed by atoms with Crippen molar-refractivity contribution in [2.75, 3.05) is 13.7 Å². The first-order valence-corrected chi connectivity index (χ1v) is 8.99. The molecule has 136 valence electrons. The summed E-state index contributed by atoms with van der Waals surface area (Å²) in [6.07, 6.45) is 4.00. The van der Waals surface area contributed by atoms with Crippen LogP contribution in [0.4, 0.5) is 5.69 Å². The minimum absolute atomic E-state index is 0.414. The van der Waals surface area contributed by atoms with Gasteiger partial charge in [0.25, 0.3) is 0 Å². The van der Waals surface area contributed by atoms with Crippen LogP contribution in [0, 0.1) is 10.5 Å². The van der Waals surface area contributed by atoms with Crippen molar-refractivity contribution in [3.8, 4) is 11.5 Å². The number of nitrogens with zero attached hydrogens (tertiary/aromatic N) is 1. The number of hydrogen-bond acceptors (Lipinski definition) is 4. The lowest BCUT2D eigenvalue weighted by atomic mass is 10.1. The SMILES string of the molecule is C=CCc1cc(C=Nc2ccc(I)c(C)c2)cc(OC)c1OCC(=O)O. The Morgan fingerprint density at radius 3 is 2.73 bits per heavy atom. The molecule has 2 aromatic carbocycles. The predicted octanol–water partition coefficient (Wildman–Crippen LogP) is 4.55. The van der Waals surface area contributed by atoms with Crippen LogP contribution in [0.25, 0.3) is 0 Å². The van der Waals surface area contributed by atoms with E-state index in [1.54, 1.807) is 18.4 Å². The van der Waals surface area contributed by atoms with E-state index in [9.17, 15) is 4.79 Å². The van der Waals surface area contributed by atoms with Gasteiger partial charge in [0.15, 0.2) is 18.1 Å². The highest BCUT2D eigenvalue weighted by molar-refractivity contribution is 14.1. The van der Waals surface area contributed by atoms with Crippen molar-refractivity contribution in [2.24, 2.45) is 4.99 Å².